The van der Waals surface area contributed by atoms with Gasteiger partial charge in [0.05, 0.1) is 23.1 Å². The number of nitrogens with one attached hydrogen (secondary N) is 1. The highest BCUT2D eigenvalue weighted by Gasteiger charge is 2.24. The zero-order chi connectivity index (χ0) is 22.1. The van der Waals surface area contributed by atoms with E-state index in [1.807, 2.05) is 57.2 Å². The lowest BCUT2D eigenvalue weighted by molar-refractivity contribution is -0.386. The molecule has 0 aliphatic rings. The normalized spacial score (nSPS) is 11.0. The Labute approximate surface area is 179 Å². The molecule has 0 spiro atoms. The second-order valence-electron chi connectivity index (χ2n) is 7.60. The predicted octanol–water partition coefficient (Wildman–Crippen LogP) is 5.65. The first kappa shape index (κ1) is 20.4. The summed E-state index contributed by atoms with van der Waals surface area (Å²) in [6, 6.07) is 15.0. The Morgan fingerprint density at radius 3 is 2.42 bits per heavy atom. The highest BCUT2D eigenvalue weighted by Crippen LogP contribution is 2.41. The molecule has 0 aliphatic heterocycles. The van der Waals surface area contributed by atoms with E-state index in [0.717, 1.165) is 33.3 Å². The molecule has 3 aromatic carbocycles. The Morgan fingerprint density at radius 1 is 1.03 bits per heavy atom. The lowest BCUT2D eigenvalue weighted by Gasteiger charge is -2.12. The SMILES string of the molecule is COc1cc(-c2nc3cc(C)c(C)cc3[nH]2)cc([N+](=O)[O-])c1OCc1ccc(C)cc1. The van der Waals surface area contributed by atoms with E-state index >= 15 is 0 Å². The molecule has 0 radical (unpaired) electrons. The number of benzene rings is 3. The van der Waals surface area contributed by atoms with Crippen molar-refractivity contribution >= 4 is 16.7 Å². The standard InChI is InChI=1S/C24H23N3O4/c1-14-5-7-17(8-6-14)13-31-23-21(27(28)29)11-18(12-22(23)30-4)24-25-19-9-15(2)16(3)10-20(19)26-24/h5-12H,13H2,1-4H3,(H,25,26). The van der Waals surface area contributed by atoms with E-state index in [-0.39, 0.29) is 23.8 Å². The highest BCUT2D eigenvalue weighted by molar-refractivity contribution is 5.82. The Hall–Kier alpha value is -3.87. The van der Waals surface area contributed by atoms with Crippen LogP contribution in [0.5, 0.6) is 11.5 Å². The predicted molar refractivity (Wildman–Crippen MR) is 120 cm³/mol. The van der Waals surface area contributed by atoms with Crippen LogP contribution in [0.2, 0.25) is 0 Å². The summed E-state index contributed by atoms with van der Waals surface area (Å²) >= 11 is 0. The lowest BCUT2D eigenvalue weighted by Crippen LogP contribution is -2.02. The summed E-state index contributed by atoms with van der Waals surface area (Å²) in [5.41, 5.74) is 6.38. The summed E-state index contributed by atoms with van der Waals surface area (Å²) in [4.78, 5) is 19.2. The topological polar surface area (TPSA) is 90.3 Å². The van der Waals surface area contributed by atoms with Crippen LogP contribution in [0.3, 0.4) is 0 Å². The molecule has 1 N–H and O–H groups in total. The number of hydrogen-bond donors (Lipinski definition) is 1. The number of aromatic amines is 1. The Bertz CT molecular complexity index is 1240. The average molecular weight is 417 g/mol. The Morgan fingerprint density at radius 2 is 1.74 bits per heavy atom. The second-order valence-corrected chi connectivity index (χ2v) is 7.60. The van der Waals surface area contributed by atoms with Crippen LogP contribution < -0.4 is 9.47 Å². The van der Waals surface area contributed by atoms with Gasteiger partial charge in [-0.3, -0.25) is 10.1 Å². The maximum absolute atomic E-state index is 11.8. The monoisotopic (exact) mass is 417 g/mol. The number of methoxy groups -OCH3 is 1. The lowest BCUT2D eigenvalue weighted by atomic mass is 10.1. The molecule has 7 heteroatoms. The van der Waals surface area contributed by atoms with Crippen molar-refractivity contribution in [1.29, 1.82) is 0 Å². The third kappa shape index (κ3) is 4.07. The molecular formula is C24H23N3O4. The fraction of sp³-hybridized carbons (Fsp3) is 0.208. The molecule has 0 saturated heterocycles. The fourth-order valence-electron chi connectivity index (χ4n) is 3.40. The molecule has 4 rings (SSSR count). The van der Waals surface area contributed by atoms with E-state index in [4.69, 9.17) is 9.47 Å². The highest BCUT2D eigenvalue weighted by atomic mass is 16.6. The van der Waals surface area contributed by atoms with Crippen molar-refractivity contribution in [2.45, 2.75) is 27.4 Å². The Balaban J connectivity index is 1.74. The van der Waals surface area contributed by atoms with Gasteiger partial charge < -0.3 is 14.5 Å². The maximum Gasteiger partial charge on any atom is 0.315 e. The molecule has 0 amide bonds. The molecule has 31 heavy (non-hydrogen) atoms. The minimum atomic E-state index is -0.465. The molecule has 158 valence electrons. The van der Waals surface area contributed by atoms with E-state index in [1.165, 1.54) is 13.2 Å². The number of ether oxygens (including phenoxy) is 2. The van der Waals surface area contributed by atoms with Crippen LogP contribution in [-0.2, 0) is 6.61 Å². The first-order chi connectivity index (χ1) is 14.9. The van der Waals surface area contributed by atoms with Gasteiger partial charge in [0.1, 0.15) is 12.4 Å². The minimum absolute atomic E-state index is 0.0969. The number of nitrogens with zero attached hydrogens (tertiary/aromatic N) is 2. The molecule has 0 aliphatic carbocycles. The van der Waals surface area contributed by atoms with E-state index in [0.29, 0.717) is 11.4 Å². The minimum Gasteiger partial charge on any atom is -0.493 e. The molecule has 1 heterocycles. The third-order valence-electron chi connectivity index (χ3n) is 5.33. The van der Waals surface area contributed by atoms with E-state index in [2.05, 4.69) is 9.97 Å². The number of nitro benzene ring substituents is 1. The van der Waals surface area contributed by atoms with E-state index in [1.54, 1.807) is 6.07 Å². The molecular weight excluding hydrogens is 394 g/mol. The van der Waals surface area contributed by atoms with Gasteiger partial charge in [-0.25, -0.2) is 4.98 Å². The summed E-state index contributed by atoms with van der Waals surface area (Å²) in [5.74, 6) is 0.912. The van der Waals surface area contributed by atoms with Crippen LogP contribution in [0.15, 0.2) is 48.5 Å². The summed E-state index contributed by atoms with van der Waals surface area (Å²) in [5, 5.41) is 11.8. The number of aryl methyl sites for hydroxylation is 3. The molecule has 0 atom stereocenters. The van der Waals surface area contributed by atoms with Crippen LogP contribution in [0, 0.1) is 30.9 Å². The van der Waals surface area contributed by atoms with Crippen LogP contribution in [0.4, 0.5) is 5.69 Å². The summed E-state index contributed by atoms with van der Waals surface area (Å²) in [7, 11) is 1.47. The van der Waals surface area contributed by atoms with Crippen LogP contribution in [-0.4, -0.2) is 22.0 Å². The van der Waals surface area contributed by atoms with Crippen molar-refractivity contribution in [2.75, 3.05) is 7.11 Å². The average Bonchev–Trinajstić information content (AvgIpc) is 3.15. The fourth-order valence-corrected chi connectivity index (χ4v) is 3.40. The number of H-pyrrole nitrogens is 1. The maximum atomic E-state index is 11.8. The van der Waals surface area contributed by atoms with Crippen LogP contribution in [0.1, 0.15) is 22.3 Å². The number of fused-ring (bicyclic) bond motifs is 1. The van der Waals surface area contributed by atoms with Gasteiger partial charge in [-0.05, 0) is 55.7 Å². The van der Waals surface area contributed by atoms with Crippen molar-refractivity contribution in [1.82, 2.24) is 9.97 Å². The quantitative estimate of drug-likeness (QED) is 0.323. The number of rotatable bonds is 6. The largest absolute Gasteiger partial charge is 0.493 e. The molecule has 0 fully saturated rings. The number of aromatic nitrogens is 2. The summed E-state index contributed by atoms with van der Waals surface area (Å²) in [6.45, 7) is 6.25. The van der Waals surface area contributed by atoms with Gasteiger partial charge in [-0.1, -0.05) is 29.8 Å². The van der Waals surface area contributed by atoms with E-state index < -0.39 is 4.92 Å². The van der Waals surface area contributed by atoms with Crippen molar-refractivity contribution in [3.63, 3.8) is 0 Å². The number of hydrogen-bond acceptors (Lipinski definition) is 5. The van der Waals surface area contributed by atoms with Gasteiger partial charge in [0.15, 0.2) is 5.75 Å². The van der Waals surface area contributed by atoms with Gasteiger partial charge in [0.25, 0.3) is 0 Å². The molecule has 4 aromatic rings. The number of nitro groups is 1. The smallest absolute Gasteiger partial charge is 0.315 e. The van der Waals surface area contributed by atoms with Gasteiger partial charge in [0, 0.05) is 11.6 Å². The van der Waals surface area contributed by atoms with Crippen LogP contribution in [0.25, 0.3) is 22.4 Å². The van der Waals surface area contributed by atoms with Crippen molar-refractivity contribution in [3.8, 4) is 22.9 Å². The van der Waals surface area contributed by atoms with Crippen molar-refractivity contribution in [3.05, 3.63) is 80.9 Å². The molecule has 1 aromatic heterocycles. The Kier molecular flexibility index (Phi) is 5.33. The molecule has 0 bridgehead atoms. The second kappa shape index (κ2) is 8.10. The molecule has 0 saturated carbocycles. The van der Waals surface area contributed by atoms with Gasteiger partial charge in [-0.15, -0.1) is 0 Å². The summed E-state index contributed by atoms with van der Waals surface area (Å²) < 4.78 is 11.3. The van der Waals surface area contributed by atoms with Gasteiger partial charge >= 0.3 is 5.69 Å². The van der Waals surface area contributed by atoms with Crippen LogP contribution >= 0.6 is 0 Å². The van der Waals surface area contributed by atoms with Gasteiger partial charge in [-0.2, -0.15) is 0 Å². The summed E-state index contributed by atoms with van der Waals surface area (Å²) in [6.07, 6.45) is 0. The third-order valence-corrected chi connectivity index (χ3v) is 5.33. The van der Waals surface area contributed by atoms with E-state index in [9.17, 15) is 10.1 Å². The van der Waals surface area contributed by atoms with Crippen molar-refractivity contribution in [2.24, 2.45) is 0 Å². The zero-order valence-corrected chi connectivity index (χ0v) is 17.9. The van der Waals surface area contributed by atoms with Crippen molar-refractivity contribution < 1.29 is 14.4 Å². The first-order valence-corrected chi connectivity index (χ1v) is 9.88. The first-order valence-electron chi connectivity index (χ1n) is 9.88. The molecule has 7 nitrogen and oxygen atoms in total. The zero-order valence-electron chi connectivity index (χ0n) is 17.9. The number of imidazole rings is 1. The van der Waals surface area contributed by atoms with Gasteiger partial charge in [0.2, 0.25) is 5.75 Å². The molecule has 0 unspecified atom stereocenters.